The summed E-state index contributed by atoms with van der Waals surface area (Å²) < 4.78 is 0. The van der Waals surface area contributed by atoms with Gasteiger partial charge in [0.05, 0.1) is 0 Å². The molecule has 0 amide bonds. The molecule has 4 atom stereocenters. The molecular weight excluding hydrogens is 218 g/mol. The van der Waals surface area contributed by atoms with Gasteiger partial charge in [0.15, 0.2) is 0 Å². The maximum Gasteiger partial charge on any atom is 0.00932 e. The van der Waals surface area contributed by atoms with Crippen LogP contribution in [0.3, 0.4) is 0 Å². The highest BCUT2D eigenvalue weighted by atomic mass is 14.9. The van der Waals surface area contributed by atoms with E-state index in [1.807, 2.05) is 0 Å². The van der Waals surface area contributed by atoms with Gasteiger partial charge in [-0.3, -0.25) is 0 Å². The van der Waals surface area contributed by atoms with Crippen LogP contribution in [-0.2, 0) is 0 Å². The lowest BCUT2D eigenvalue weighted by atomic mass is 9.70. The van der Waals surface area contributed by atoms with E-state index in [9.17, 15) is 0 Å². The molecule has 0 heterocycles. The predicted octanol–water partition coefficient (Wildman–Crippen LogP) is 4.62. The van der Waals surface area contributed by atoms with Gasteiger partial charge in [0, 0.05) is 6.04 Å². The first kappa shape index (κ1) is 14.4. The van der Waals surface area contributed by atoms with E-state index in [-0.39, 0.29) is 0 Å². The lowest BCUT2D eigenvalue weighted by Gasteiger charge is -2.40. The van der Waals surface area contributed by atoms with Crippen molar-refractivity contribution in [2.24, 2.45) is 23.2 Å². The third-order valence-corrected chi connectivity index (χ3v) is 5.41. The summed E-state index contributed by atoms with van der Waals surface area (Å²) >= 11 is 0. The second kappa shape index (κ2) is 5.94. The Morgan fingerprint density at radius 2 is 1.89 bits per heavy atom. The van der Waals surface area contributed by atoms with Gasteiger partial charge in [0.2, 0.25) is 0 Å². The van der Waals surface area contributed by atoms with Crippen LogP contribution in [0.25, 0.3) is 0 Å². The van der Waals surface area contributed by atoms with Crippen molar-refractivity contribution in [1.29, 1.82) is 0 Å². The zero-order valence-electron chi connectivity index (χ0n) is 13.0. The fourth-order valence-electron chi connectivity index (χ4n) is 4.31. The fraction of sp³-hybridized carbons (Fsp3) is 1.00. The van der Waals surface area contributed by atoms with Crippen LogP contribution < -0.4 is 5.32 Å². The Labute approximate surface area is 114 Å². The van der Waals surface area contributed by atoms with Gasteiger partial charge in [-0.2, -0.15) is 0 Å². The van der Waals surface area contributed by atoms with Crippen molar-refractivity contribution in [3.8, 4) is 0 Å². The first-order chi connectivity index (χ1) is 8.46. The van der Waals surface area contributed by atoms with E-state index in [4.69, 9.17) is 0 Å². The second-order valence-electron chi connectivity index (χ2n) is 8.04. The predicted molar refractivity (Wildman–Crippen MR) is 79.7 cm³/mol. The lowest BCUT2D eigenvalue weighted by Crippen LogP contribution is -2.43. The van der Waals surface area contributed by atoms with Crippen LogP contribution in [0, 0.1) is 23.2 Å². The van der Waals surface area contributed by atoms with Crippen molar-refractivity contribution in [3.05, 3.63) is 0 Å². The molecular formula is C17H33N. The van der Waals surface area contributed by atoms with Crippen molar-refractivity contribution in [1.82, 2.24) is 5.32 Å². The Bertz CT molecular complexity index is 258. The molecule has 1 N–H and O–H groups in total. The molecule has 0 aromatic carbocycles. The number of hydrogen-bond acceptors (Lipinski definition) is 1. The normalized spacial score (nSPS) is 40.7. The Balaban J connectivity index is 1.73. The van der Waals surface area contributed by atoms with Crippen LogP contribution in [-0.4, -0.2) is 12.6 Å². The molecule has 1 nitrogen and oxygen atoms in total. The molecule has 0 saturated heterocycles. The molecule has 1 heteroatoms. The SMILES string of the molecule is CC1CCCC(CNC2CCC(C)(C)CC2C)C1. The molecule has 0 aromatic heterocycles. The van der Waals surface area contributed by atoms with Crippen LogP contribution in [0.4, 0.5) is 0 Å². The zero-order chi connectivity index (χ0) is 13.2. The number of nitrogens with one attached hydrogen (secondary N) is 1. The number of rotatable bonds is 3. The van der Waals surface area contributed by atoms with E-state index in [2.05, 4.69) is 33.0 Å². The molecule has 0 radical (unpaired) electrons. The Kier molecular flexibility index (Phi) is 4.75. The molecule has 2 saturated carbocycles. The summed E-state index contributed by atoms with van der Waals surface area (Å²) in [6.45, 7) is 11.0. The van der Waals surface area contributed by atoms with Crippen LogP contribution in [0.1, 0.15) is 72.6 Å². The minimum absolute atomic E-state index is 0.580. The minimum Gasteiger partial charge on any atom is -0.313 e. The smallest absolute Gasteiger partial charge is 0.00932 e. The van der Waals surface area contributed by atoms with Gasteiger partial charge in [-0.15, -0.1) is 0 Å². The summed E-state index contributed by atoms with van der Waals surface area (Å²) in [7, 11) is 0. The average Bonchev–Trinajstić information content (AvgIpc) is 2.27. The average molecular weight is 251 g/mol. The highest BCUT2D eigenvalue weighted by Gasteiger charge is 2.32. The highest BCUT2D eigenvalue weighted by Crippen LogP contribution is 2.38. The Morgan fingerprint density at radius 1 is 1.11 bits per heavy atom. The van der Waals surface area contributed by atoms with Gasteiger partial charge in [-0.25, -0.2) is 0 Å². The molecule has 2 aliphatic rings. The quantitative estimate of drug-likeness (QED) is 0.772. The molecule has 2 rings (SSSR count). The highest BCUT2D eigenvalue weighted by molar-refractivity contribution is 4.87. The lowest BCUT2D eigenvalue weighted by molar-refractivity contribution is 0.141. The maximum atomic E-state index is 3.90. The van der Waals surface area contributed by atoms with Gasteiger partial charge >= 0.3 is 0 Å². The van der Waals surface area contributed by atoms with Crippen LogP contribution in [0.15, 0.2) is 0 Å². The molecule has 0 aliphatic heterocycles. The van der Waals surface area contributed by atoms with Crippen molar-refractivity contribution < 1.29 is 0 Å². The van der Waals surface area contributed by atoms with Crippen molar-refractivity contribution >= 4 is 0 Å². The van der Waals surface area contributed by atoms with E-state index >= 15 is 0 Å². The third-order valence-electron chi connectivity index (χ3n) is 5.41. The first-order valence-corrected chi connectivity index (χ1v) is 8.20. The largest absolute Gasteiger partial charge is 0.313 e. The summed E-state index contributed by atoms with van der Waals surface area (Å²) in [6.07, 6.45) is 10.0. The van der Waals surface area contributed by atoms with Gasteiger partial charge in [0.25, 0.3) is 0 Å². The van der Waals surface area contributed by atoms with Gasteiger partial charge < -0.3 is 5.32 Å². The monoisotopic (exact) mass is 251 g/mol. The molecule has 2 aliphatic carbocycles. The molecule has 106 valence electrons. The van der Waals surface area contributed by atoms with E-state index < -0.39 is 0 Å². The molecule has 0 bridgehead atoms. The van der Waals surface area contributed by atoms with Crippen LogP contribution >= 0.6 is 0 Å². The maximum absolute atomic E-state index is 3.90. The fourth-order valence-corrected chi connectivity index (χ4v) is 4.31. The Hall–Kier alpha value is -0.0400. The van der Waals surface area contributed by atoms with Gasteiger partial charge in [-0.05, 0) is 61.8 Å². The van der Waals surface area contributed by atoms with Gasteiger partial charge in [0.1, 0.15) is 0 Å². The van der Waals surface area contributed by atoms with Crippen molar-refractivity contribution in [2.45, 2.75) is 78.7 Å². The zero-order valence-corrected chi connectivity index (χ0v) is 13.0. The van der Waals surface area contributed by atoms with Crippen LogP contribution in [0.5, 0.6) is 0 Å². The molecule has 18 heavy (non-hydrogen) atoms. The second-order valence-corrected chi connectivity index (χ2v) is 8.04. The van der Waals surface area contributed by atoms with Crippen molar-refractivity contribution in [2.75, 3.05) is 6.54 Å². The summed E-state index contributed by atoms with van der Waals surface area (Å²) in [5, 5.41) is 3.90. The molecule has 4 unspecified atom stereocenters. The standard InChI is InChI=1S/C17H33N/c1-13-6-5-7-15(10-13)12-18-16-8-9-17(3,4)11-14(16)2/h13-16,18H,5-12H2,1-4H3. The van der Waals surface area contributed by atoms with E-state index in [1.165, 1.54) is 51.5 Å². The summed E-state index contributed by atoms with van der Waals surface area (Å²) in [4.78, 5) is 0. The molecule has 2 fully saturated rings. The van der Waals surface area contributed by atoms with Crippen molar-refractivity contribution in [3.63, 3.8) is 0 Å². The Morgan fingerprint density at radius 3 is 2.56 bits per heavy atom. The van der Waals surface area contributed by atoms with Crippen LogP contribution in [0.2, 0.25) is 0 Å². The molecule has 0 spiro atoms. The minimum atomic E-state index is 0.580. The molecule has 0 aromatic rings. The van der Waals surface area contributed by atoms with E-state index in [0.717, 1.165) is 23.8 Å². The topological polar surface area (TPSA) is 12.0 Å². The first-order valence-electron chi connectivity index (χ1n) is 8.20. The third kappa shape index (κ3) is 3.98. The summed E-state index contributed by atoms with van der Waals surface area (Å²) in [6, 6.07) is 0.787. The van der Waals surface area contributed by atoms with E-state index in [0.29, 0.717) is 5.41 Å². The van der Waals surface area contributed by atoms with Gasteiger partial charge in [-0.1, -0.05) is 40.5 Å². The summed E-state index contributed by atoms with van der Waals surface area (Å²) in [5.41, 5.74) is 0.580. The van der Waals surface area contributed by atoms with E-state index in [1.54, 1.807) is 0 Å². The summed E-state index contributed by atoms with van der Waals surface area (Å²) in [5.74, 6) is 2.78. The number of hydrogen-bond donors (Lipinski definition) is 1.